The molecule has 32 heavy (non-hydrogen) atoms. The van der Waals surface area contributed by atoms with Gasteiger partial charge in [-0.05, 0) is 43.5 Å². The fourth-order valence-corrected chi connectivity index (χ4v) is 2.81. The number of nitro groups is 1. The van der Waals surface area contributed by atoms with Gasteiger partial charge in [0.1, 0.15) is 0 Å². The minimum Gasteiger partial charge on any atom is -0.494 e. The number of halogens is 2. The number of hydrogen-bond acceptors (Lipinski definition) is 5. The Hall–Kier alpha value is -2.47. The number of aliphatic imine (C=N–C) groups is 1. The van der Waals surface area contributed by atoms with Crippen molar-refractivity contribution in [2.75, 3.05) is 26.9 Å². The Labute approximate surface area is 204 Å². The van der Waals surface area contributed by atoms with Crippen LogP contribution in [0.15, 0.2) is 47.5 Å². The first kappa shape index (κ1) is 27.6. The van der Waals surface area contributed by atoms with Gasteiger partial charge in [0, 0.05) is 31.9 Å². The average Bonchev–Trinajstić information content (AvgIpc) is 2.77. The third-order valence-corrected chi connectivity index (χ3v) is 4.56. The summed E-state index contributed by atoms with van der Waals surface area (Å²) >= 11 is 0. The molecule has 0 fully saturated rings. The van der Waals surface area contributed by atoms with Gasteiger partial charge in [0.2, 0.25) is 0 Å². The fraction of sp³-hybridized carbons (Fsp3) is 0.409. The Morgan fingerprint density at radius 2 is 1.97 bits per heavy atom. The van der Waals surface area contributed by atoms with E-state index in [1.807, 2.05) is 13.8 Å². The van der Waals surface area contributed by atoms with Crippen LogP contribution >= 0.6 is 24.0 Å². The molecule has 0 aliphatic rings. The van der Waals surface area contributed by atoms with Crippen LogP contribution in [0.25, 0.3) is 0 Å². The van der Waals surface area contributed by atoms with Crippen molar-refractivity contribution in [2.45, 2.75) is 32.9 Å². The summed E-state index contributed by atoms with van der Waals surface area (Å²) in [4.78, 5) is 14.9. The summed E-state index contributed by atoms with van der Waals surface area (Å²) < 4.78 is 24.4. The first-order valence-electron chi connectivity index (χ1n) is 10.1. The molecule has 2 aromatic rings. The second-order valence-electron chi connectivity index (χ2n) is 6.83. The predicted octanol–water partition coefficient (Wildman–Crippen LogP) is 4.58. The lowest BCUT2D eigenvalue weighted by Gasteiger charge is -2.19. The lowest BCUT2D eigenvalue weighted by Crippen LogP contribution is -2.39. The third kappa shape index (κ3) is 8.95. The van der Waals surface area contributed by atoms with Crippen molar-refractivity contribution >= 4 is 35.6 Å². The number of non-ortho nitro benzene ring substituents is 1. The maximum Gasteiger partial charge on any atom is 0.269 e. The molecule has 1 atom stereocenters. The van der Waals surface area contributed by atoms with E-state index in [-0.39, 0.29) is 41.5 Å². The van der Waals surface area contributed by atoms with Gasteiger partial charge < -0.3 is 20.1 Å². The molecule has 0 aliphatic carbocycles. The zero-order valence-electron chi connectivity index (χ0n) is 18.5. The maximum absolute atomic E-state index is 14.1. The zero-order valence-corrected chi connectivity index (χ0v) is 20.8. The predicted molar refractivity (Wildman–Crippen MR) is 133 cm³/mol. The second-order valence-corrected chi connectivity index (χ2v) is 6.83. The van der Waals surface area contributed by atoms with Gasteiger partial charge in [-0.15, -0.1) is 24.0 Å². The van der Waals surface area contributed by atoms with E-state index in [1.54, 1.807) is 24.3 Å². The molecule has 0 radical (unpaired) electrons. The molecule has 176 valence electrons. The Kier molecular flexibility index (Phi) is 12.5. The number of methoxy groups -OCH3 is 1. The SMILES string of the molecule is CCOCCCNC(=NCc1ccc([N+](=O)[O-])cc1)NC(C)c1ccc(OC)c(F)c1.I. The Morgan fingerprint density at radius 1 is 1.25 bits per heavy atom. The van der Waals surface area contributed by atoms with Gasteiger partial charge in [-0.25, -0.2) is 9.38 Å². The van der Waals surface area contributed by atoms with E-state index >= 15 is 0 Å². The van der Waals surface area contributed by atoms with Crippen LogP contribution in [0, 0.1) is 15.9 Å². The summed E-state index contributed by atoms with van der Waals surface area (Å²) in [5, 5.41) is 17.3. The topological polar surface area (TPSA) is 98.0 Å². The smallest absolute Gasteiger partial charge is 0.269 e. The molecule has 10 heteroatoms. The summed E-state index contributed by atoms with van der Waals surface area (Å²) in [7, 11) is 1.43. The molecule has 2 N–H and O–H groups in total. The van der Waals surface area contributed by atoms with Crippen molar-refractivity contribution < 1.29 is 18.8 Å². The molecule has 0 saturated carbocycles. The molecule has 0 aliphatic heterocycles. The third-order valence-electron chi connectivity index (χ3n) is 4.56. The van der Waals surface area contributed by atoms with Crippen LogP contribution in [-0.2, 0) is 11.3 Å². The Morgan fingerprint density at radius 3 is 2.56 bits per heavy atom. The summed E-state index contributed by atoms with van der Waals surface area (Å²) in [5.41, 5.74) is 1.62. The molecule has 8 nitrogen and oxygen atoms in total. The van der Waals surface area contributed by atoms with Gasteiger partial charge in [0.05, 0.1) is 24.6 Å². The highest BCUT2D eigenvalue weighted by Crippen LogP contribution is 2.21. The number of nitro benzene ring substituents is 1. The molecule has 0 amide bonds. The first-order valence-corrected chi connectivity index (χ1v) is 10.1. The Balaban J connectivity index is 0.00000512. The number of ether oxygens (including phenoxy) is 2. The summed E-state index contributed by atoms with van der Waals surface area (Å²) in [5.74, 6) is 0.318. The van der Waals surface area contributed by atoms with E-state index in [1.165, 1.54) is 25.3 Å². The quantitative estimate of drug-likeness (QED) is 0.104. The molecule has 1 unspecified atom stereocenters. The highest BCUT2D eigenvalue weighted by molar-refractivity contribution is 14.0. The second kappa shape index (κ2) is 14.6. The monoisotopic (exact) mass is 560 g/mol. The normalized spacial score (nSPS) is 11.9. The highest BCUT2D eigenvalue weighted by atomic mass is 127. The molecule has 0 saturated heterocycles. The lowest BCUT2D eigenvalue weighted by molar-refractivity contribution is -0.384. The van der Waals surface area contributed by atoms with Crippen molar-refractivity contribution in [2.24, 2.45) is 4.99 Å². The largest absolute Gasteiger partial charge is 0.494 e. The number of benzene rings is 2. The number of nitrogens with zero attached hydrogens (tertiary/aromatic N) is 2. The van der Waals surface area contributed by atoms with Crippen LogP contribution in [0.5, 0.6) is 5.75 Å². The van der Waals surface area contributed by atoms with Crippen LogP contribution in [0.2, 0.25) is 0 Å². The van der Waals surface area contributed by atoms with Crippen LogP contribution in [0.3, 0.4) is 0 Å². The minimum atomic E-state index is -0.435. The summed E-state index contributed by atoms with van der Waals surface area (Å²) in [6.45, 7) is 6.14. The molecule has 0 spiro atoms. The van der Waals surface area contributed by atoms with E-state index in [4.69, 9.17) is 9.47 Å². The number of hydrogen-bond donors (Lipinski definition) is 2. The minimum absolute atomic E-state index is 0. The standard InChI is InChI=1S/C22H29FN4O4.HI/c1-4-31-13-5-12-24-22(25-15-17-6-9-19(10-7-17)27(28)29)26-16(2)18-8-11-21(30-3)20(23)14-18;/h6-11,14,16H,4-5,12-13,15H2,1-3H3,(H2,24,25,26);1H. The molecule has 2 rings (SSSR count). The molecular weight excluding hydrogens is 530 g/mol. The summed E-state index contributed by atoms with van der Waals surface area (Å²) in [6, 6.07) is 10.9. The van der Waals surface area contributed by atoms with E-state index < -0.39 is 10.7 Å². The first-order chi connectivity index (χ1) is 14.9. The van der Waals surface area contributed by atoms with Crippen LogP contribution < -0.4 is 15.4 Å². The molecule has 2 aromatic carbocycles. The van der Waals surface area contributed by atoms with Gasteiger partial charge in [-0.2, -0.15) is 0 Å². The number of rotatable bonds is 11. The van der Waals surface area contributed by atoms with Crippen molar-refractivity contribution in [1.29, 1.82) is 0 Å². The van der Waals surface area contributed by atoms with E-state index in [0.717, 1.165) is 17.5 Å². The van der Waals surface area contributed by atoms with E-state index in [9.17, 15) is 14.5 Å². The van der Waals surface area contributed by atoms with Crippen molar-refractivity contribution in [1.82, 2.24) is 10.6 Å². The molecule has 0 aromatic heterocycles. The van der Waals surface area contributed by atoms with Crippen molar-refractivity contribution in [3.63, 3.8) is 0 Å². The number of nitrogens with one attached hydrogen (secondary N) is 2. The van der Waals surface area contributed by atoms with Gasteiger partial charge in [0.15, 0.2) is 17.5 Å². The van der Waals surface area contributed by atoms with Gasteiger partial charge in [0.25, 0.3) is 5.69 Å². The fourth-order valence-electron chi connectivity index (χ4n) is 2.81. The van der Waals surface area contributed by atoms with Crippen LogP contribution in [0.4, 0.5) is 10.1 Å². The lowest BCUT2D eigenvalue weighted by atomic mass is 10.1. The average molecular weight is 560 g/mol. The van der Waals surface area contributed by atoms with Crippen LogP contribution in [0.1, 0.15) is 37.4 Å². The molecule has 0 bridgehead atoms. The zero-order chi connectivity index (χ0) is 22.6. The highest BCUT2D eigenvalue weighted by Gasteiger charge is 2.12. The van der Waals surface area contributed by atoms with E-state index in [0.29, 0.717) is 32.3 Å². The van der Waals surface area contributed by atoms with Crippen LogP contribution in [-0.4, -0.2) is 37.8 Å². The van der Waals surface area contributed by atoms with Crippen molar-refractivity contribution in [3.05, 3.63) is 69.5 Å². The van der Waals surface area contributed by atoms with E-state index in [2.05, 4.69) is 15.6 Å². The van der Waals surface area contributed by atoms with Gasteiger partial charge >= 0.3 is 0 Å². The Bertz CT molecular complexity index is 881. The van der Waals surface area contributed by atoms with Gasteiger partial charge in [-0.3, -0.25) is 10.1 Å². The van der Waals surface area contributed by atoms with Gasteiger partial charge in [-0.1, -0.05) is 18.2 Å². The molecule has 0 heterocycles. The number of guanidine groups is 1. The maximum atomic E-state index is 14.1. The molecular formula is C22H30FIN4O4. The summed E-state index contributed by atoms with van der Waals surface area (Å²) in [6.07, 6.45) is 0.803. The van der Waals surface area contributed by atoms with Crippen molar-refractivity contribution in [3.8, 4) is 5.75 Å².